The maximum atomic E-state index is 12.9. The van der Waals surface area contributed by atoms with Gasteiger partial charge in [-0.2, -0.15) is 0 Å². The third kappa shape index (κ3) is 6.01. The van der Waals surface area contributed by atoms with Crippen molar-refractivity contribution in [3.05, 3.63) is 135 Å². The normalized spacial score (nSPS) is 11.8. The lowest BCUT2D eigenvalue weighted by Crippen LogP contribution is -2.26. The van der Waals surface area contributed by atoms with Crippen LogP contribution in [0.1, 0.15) is 57.3 Å². The summed E-state index contributed by atoms with van der Waals surface area (Å²) in [5.41, 5.74) is 6.52. The summed E-state index contributed by atoms with van der Waals surface area (Å²) in [7, 11) is 0. The van der Waals surface area contributed by atoms with Crippen molar-refractivity contribution in [3.8, 4) is 11.1 Å². The maximum absolute atomic E-state index is 12.9. The molecule has 0 saturated carbocycles. The number of rotatable bonds is 9. The van der Waals surface area contributed by atoms with E-state index in [1.165, 1.54) is 12.1 Å². The molecule has 0 bridgehead atoms. The highest BCUT2D eigenvalue weighted by Gasteiger charge is 2.15. The van der Waals surface area contributed by atoms with Crippen LogP contribution in [0.4, 0.5) is 5.69 Å². The zero-order chi connectivity index (χ0) is 29.1. The topological polar surface area (TPSA) is 114 Å². The lowest BCUT2D eigenvalue weighted by molar-refractivity contribution is -0.384. The largest absolute Gasteiger partial charge is 0.478 e. The van der Waals surface area contributed by atoms with Crippen molar-refractivity contribution in [1.29, 1.82) is 0 Å². The van der Waals surface area contributed by atoms with E-state index in [4.69, 9.17) is 0 Å². The molecule has 0 aliphatic rings. The Hall–Kier alpha value is -5.24. The summed E-state index contributed by atoms with van der Waals surface area (Å²) in [6, 6.07) is 26.9. The minimum absolute atomic E-state index is 0.00859. The second-order valence-electron chi connectivity index (χ2n) is 10.0. The second-order valence-corrected chi connectivity index (χ2v) is 10.0. The first-order chi connectivity index (χ1) is 19.7. The van der Waals surface area contributed by atoms with Crippen LogP contribution in [0.25, 0.3) is 22.0 Å². The number of carbonyl (C=O) groups is 2. The summed E-state index contributed by atoms with van der Waals surface area (Å²) in [5, 5.41) is 24.3. The monoisotopic (exact) mass is 547 g/mol. The van der Waals surface area contributed by atoms with Gasteiger partial charge in [0, 0.05) is 41.3 Å². The Morgan fingerprint density at radius 3 is 2.27 bits per heavy atom. The minimum Gasteiger partial charge on any atom is -0.478 e. The van der Waals surface area contributed by atoms with Gasteiger partial charge >= 0.3 is 5.97 Å². The Kier molecular flexibility index (Phi) is 7.65. The Bertz CT molecular complexity index is 1750. The highest BCUT2D eigenvalue weighted by atomic mass is 16.6. The van der Waals surface area contributed by atoms with E-state index in [9.17, 15) is 24.8 Å². The van der Waals surface area contributed by atoms with Gasteiger partial charge in [0.2, 0.25) is 0 Å². The quantitative estimate of drug-likeness (QED) is 0.152. The van der Waals surface area contributed by atoms with Crippen molar-refractivity contribution in [2.75, 3.05) is 0 Å². The molecule has 1 unspecified atom stereocenters. The molecule has 5 aromatic rings. The van der Waals surface area contributed by atoms with Gasteiger partial charge in [0.15, 0.2) is 0 Å². The molecule has 8 nitrogen and oxygen atoms in total. The number of aryl methyl sites for hydroxylation is 1. The summed E-state index contributed by atoms with van der Waals surface area (Å²) < 4.78 is 2.12. The van der Waals surface area contributed by atoms with E-state index in [-0.39, 0.29) is 23.2 Å². The standard InChI is InChI=1S/C33H29N3O5/c1-3-22-16-28(19-29(17-22)33(38)39)25-6-4-23(5-7-25)20-35-15-14-26-18-27(10-13-31(26)35)32(37)34-21(2)24-8-11-30(12-9-24)36(40)41/h4-19,21H,3,20H2,1-2H3,(H,34,37)(H,38,39). The van der Waals surface area contributed by atoms with Crippen molar-refractivity contribution in [1.82, 2.24) is 9.88 Å². The molecule has 0 spiro atoms. The second kappa shape index (κ2) is 11.5. The van der Waals surface area contributed by atoms with Gasteiger partial charge in [0.05, 0.1) is 16.5 Å². The van der Waals surface area contributed by atoms with Crippen molar-refractivity contribution in [2.24, 2.45) is 0 Å². The summed E-state index contributed by atoms with van der Waals surface area (Å²) in [6.07, 6.45) is 2.75. The van der Waals surface area contributed by atoms with E-state index in [1.807, 2.05) is 68.6 Å². The van der Waals surface area contributed by atoms with Crippen LogP contribution in [0.3, 0.4) is 0 Å². The summed E-state index contributed by atoms with van der Waals surface area (Å²) in [6.45, 7) is 4.49. The Balaban J connectivity index is 1.29. The SMILES string of the molecule is CCc1cc(C(=O)O)cc(-c2ccc(Cn3ccc4cc(C(=O)NC(C)c5ccc([N+](=O)[O-])cc5)ccc43)cc2)c1. The predicted molar refractivity (Wildman–Crippen MR) is 158 cm³/mol. The van der Waals surface area contributed by atoms with Crippen molar-refractivity contribution < 1.29 is 19.6 Å². The molecule has 41 heavy (non-hydrogen) atoms. The number of carboxylic acid groups (broad SMARTS) is 1. The van der Waals surface area contributed by atoms with E-state index in [0.717, 1.165) is 45.1 Å². The molecule has 0 saturated heterocycles. The molecule has 1 atom stereocenters. The fourth-order valence-electron chi connectivity index (χ4n) is 4.91. The van der Waals surface area contributed by atoms with Crippen LogP contribution in [0.5, 0.6) is 0 Å². The molecule has 0 fully saturated rings. The number of carboxylic acids is 1. The Morgan fingerprint density at radius 2 is 1.61 bits per heavy atom. The van der Waals surface area contributed by atoms with Gasteiger partial charge in [0.1, 0.15) is 0 Å². The average Bonchev–Trinajstić information content (AvgIpc) is 3.38. The van der Waals surface area contributed by atoms with Gasteiger partial charge < -0.3 is 15.0 Å². The number of non-ortho nitro benzene ring substituents is 1. The Morgan fingerprint density at radius 1 is 0.878 bits per heavy atom. The molecule has 5 rings (SSSR count). The maximum Gasteiger partial charge on any atom is 0.335 e. The predicted octanol–water partition coefficient (Wildman–Crippen LogP) is 7.02. The number of aromatic carboxylic acids is 1. The number of nitro groups is 1. The first kappa shape index (κ1) is 27.3. The molecule has 0 radical (unpaired) electrons. The number of nitrogens with zero attached hydrogens (tertiary/aromatic N) is 2. The van der Waals surface area contributed by atoms with Gasteiger partial charge in [-0.15, -0.1) is 0 Å². The van der Waals surface area contributed by atoms with E-state index in [1.54, 1.807) is 30.3 Å². The number of hydrogen-bond acceptors (Lipinski definition) is 4. The molecule has 1 amide bonds. The van der Waals surface area contributed by atoms with Gasteiger partial charge in [-0.3, -0.25) is 14.9 Å². The average molecular weight is 548 g/mol. The van der Waals surface area contributed by atoms with Crippen LogP contribution >= 0.6 is 0 Å². The number of nitro benzene ring substituents is 1. The first-order valence-electron chi connectivity index (χ1n) is 13.3. The molecule has 0 aliphatic carbocycles. The first-order valence-corrected chi connectivity index (χ1v) is 13.3. The lowest BCUT2D eigenvalue weighted by Gasteiger charge is -2.14. The van der Waals surface area contributed by atoms with Crippen molar-refractivity contribution in [2.45, 2.75) is 32.9 Å². The third-order valence-electron chi connectivity index (χ3n) is 7.27. The number of hydrogen-bond donors (Lipinski definition) is 2. The van der Waals surface area contributed by atoms with Crippen LogP contribution < -0.4 is 5.32 Å². The van der Waals surface area contributed by atoms with E-state index in [2.05, 4.69) is 9.88 Å². The van der Waals surface area contributed by atoms with Gasteiger partial charge in [0.25, 0.3) is 11.6 Å². The zero-order valence-corrected chi connectivity index (χ0v) is 22.7. The smallest absolute Gasteiger partial charge is 0.335 e. The number of aromatic nitrogens is 1. The lowest BCUT2D eigenvalue weighted by atomic mass is 9.98. The summed E-state index contributed by atoms with van der Waals surface area (Å²) in [5.74, 6) is -1.16. The molecule has 4 aromatic carbocycles. The van der Waals surface area contributed by atoms with Crippen LogP contribution in [0.2, 0.25) is 0 Å². The van der Waals surface area contributed by atoms with Crippen LogP contribution in [0.15, 0.2) is 97.2 Å². The Labute approximate surface area is 237 Å². The fourth-order valence-corrected chi connectivity index (χ4v) is 4.91. The molecular formula is C33H29N3O5. The van der Waals surface area contributed by atoms with Crippen LogP contribution in [-0.4, -0.2) is 26.5 Å². The van der Waals surface area contributed by atoms with E-state index >= 15 is 0 Å². The van der Waals surface area contributed by atoms with Crippen LogP contribution in [-0.2, 0) is 13.0 Å². The molecule has 1 heterocycles. The number of carbonyl (C=O) groups excluding carboxylic acids is 1. The van der Waals surface area contributed by atoms with Crippen molar-refractivity contribution in [3.63, 3.8) is 0 Å². The number of fused-ring (bicyclic) bond motifs is 1. The number of amides is 1. The highest BCUT2D eigenvalue weighted by Crippen LogP contribution is 2.25. The zero-order valence-electron chi connectivity index (χ0n) is 22.7. The summed E-state index contributed by atoms with van der Waals surface area (Å²) >= 11 is 0. The minimum atomic E-state index is -0.933. The molecule has 8 heteroatoms. The van der Waals surface area contributed by atoms with E-state index in [0.29, 0.717) is 12.1 Å². The molecule has 0 aliphatic heterocycles. The van der Waals surface area contributed by atoms with Crippen LogP contribution in [0, 0.1) is 10.1 Å². The highest BCUT2D eigenvalue weighted by molar-refractivity contribution is 5.98. The van der Waals surface area contributed by atoms with Gasteiger partial charge in [-0.25, -0.2) is 4.79 Å². The van der Waals surface area contributed by atoms with Gasteiger partial charge in [-0.1, -0.05) is 49.4 Å². The van der Waals surface area contributed by atoms with Crippen molar-refractivity contribution >= 4 is 28.5 Å². The molecule has 1 aromatic heterocycles. The fraction of sp³-hybridized carbons (Fsp3) is 0.152. The molecule has 2 N–H and O–H groups in total. The number of nitrogens with one attached hydrogen (secondary N) is 1. The van der Waals surface area contributed by atoms with E-state index < -0.39 is 10.9 Å². The molecule has 206 valence electrons. The third-order valence-corrected chi connectivity index (χ3v) is 7.27. The summed E-state index contributed by atoms with van der Waals surface area (Å²) in [4.78, 5) is 34.9. The number of benzene rings is 4. The van der Waals surface area contributed by atoms with Gasteiger partial charge in [-0.05, 0) is 77.6 Å². The molecular weight excluding hydrogens is 518 g/mol.